The number of benzene rings is 2. The van der Waals surface area contributed by atoms with Gasteiger partial charge < -0.3 is 20.0 Å². The van der Waals surface area contributed by atoms with Crippen LogP contribution in [0.5, 0.6) is 5.75 Å². The van der Waals surface area contributed by atoms with Crippen LogP contribution >= 0.6 is 0 Å². The third-order valence-corrected chi connectivity index (χ3v) is 5.68. The SMILES string of the molecule is C=C(/C=C\c1c(C)c(COc2ccccc2CC(=O)O)nn1C(C)C)c1ccc2nc(N)oc2c1. The molecule has 0 saturated carbocycles. The van der Waals surface area contributed by atoms with Crippen molar-refractivity contribution < 1.29 is 19.1 Å². The molecule has 3 N–H and O–H groups in total. The maximum absolute atomic E-state index is 11.2. The summed E-state index contributed by atoms with van der Waals surface area (Å²) in [4.78, 5) is 15.3. The molecule has 0 aliphatic carbocycles. The summed E-state index contributed by atoms with van der Waals surface area (Å²) in [5, 5.41) is 13.9. The highest BCUT2D eigenvalue weighted by Gasteiger charge is 2.16. The van der Waals surface area contributed by atoms with Crippen LogP contribution in [0.2, 0.25) is 0 Å². The van der Waals surface area contributed by atoms with Crippen molar-refractivity contribution in [1.29, 1.82) is 0 Å². The molecule has 2 heterocycles. The van der Waals surface area contributed by atoms with Gasteiger partial charge >= 0.3 is 5.97 Å². The van der Waals surface area contributed by atoms with E-state index in [0.717, 1.165) is 28.1 Å². The molecular weight excluding hydrogens is 444 g/mol. The van der Waals surface area contributed by atoms with Crippen molar-refractivity contribution in [1.82, 2.24) is 14.8 Å². The molecule has 0 atom stereocenters. The highest BCUT2D eigenvalue weighted by Crippen LogP contribution is 2.26. The highest BCUT2D eigenvalue weighted by atomic mass is 16.5. The quantitative estimate of drug-likeness (QED) is 0.312. The Morgan fingerprint density at radius 3 is 2.80 bits per heavy atom. The van der Waals surface area contributed by atoms with E-state index in [1.165, 1.54) is 0 Å². The molecule has 0 unspecified atom stereocenters. The van der Waals surface area contributed by atoms with Crippen LogP contribution in [0.25, 0.3) is 22.7 Å². The minimum atomic E-state index is -0.903. The fraction of sp³-hybridized carbons (Fsp3) is 0.222. The Kier molecular flexibility index (Phi) is 6.73. The van der Waals surface area contributed by atoms with Gasteiger partial charge in [-0.25, -0.2) is 0 Å². The number of carboxylic acids is 1. The summed E-state index contributed by atoms with van der Waals surface area (Å²) >= 11 is 0. The molecule has 35 heavy (non-hydrogen) atoms. The molecule has 0 bridgehead atoms. The van der Waals surface area contributed by atoms with Crippen LogP contribution in [0, 0.1) is 6.92 Å². The van der Waals surface area contributed by atoms with Gasteiger partial charge in [0, 0.05) is 17.2 Å². The summed E-state index contributed by atoms with van der Waals surface area (Å²) in [6, 6.07) is 13.1. The van der Waals surface area contributed by atoms with Gasteiger partial charge in [0.05, 0.1) is 12.1 Å². The molecule has 0 saturated heterocycles. The average molecular weight is 473 g/mol. The fourth-order valence-electron chi connectivity index (χ4n) is 3.83. The number of ether oxygens (including phenoxy) is 1. The fourth-order valence-corrected chi connectivity index (χ4v) is 3.83. The standard InChI is InChI=1S/C27H28N4O4/c1-16(2)31-23(12-9-17(3)19-10-11-21-25(13-19)35-27(28)29-21)18(4)22(30-31)15-34-24-8-6-5-7-20(24)14-26(32)33/h5-13,16H,3,14-15H2,1-2,4H3,(H2,28,29)(H,32,33)/b12-9-. The number of nitrogens with two attached hydrogens (primary N) is 1. The van der Waals surface area contributed by atoms with Crippen LogP contribution in [0.4, 0.5) is 6.01 Å². The van der Waals surface area contributed by atoms with E-state index in [4.69, 9.17) is 25.1 Å². The number of hydrogen-bond donors (Lipinski definition) is 2. The maximum Gasteiger partial charge on any atom is 0.307 e. The Labute approximate surface area is 203 Å². The normalized spacial score (nSPS) is 11.5. The van der Waals surface area contributed by atoms with Gasteiger partial charge in [0.1, 0.15) is 23.6 Å². The number of nitrogen functional groups attached to an aromatic ring is 1. The van der Waals surface area contributed by atoms with Gasteiger partial charge in [-0.05, 0) is 56.2 Å². The van der Waals surface area contributed by atoms with Crippen molar-refractivity contribution in [3.05, 3.63) is 83.2 Å². The van der Waals surface area contributed by atoms with Crippen LogP contribution in [0.3, 0.4) is 0 Å². The van der Waals surface area contributed by atoms with Gasteiger partial charge in [0.2, 0.25) is 0 Å². The number of nitrogens with zero attached hydrogens (tertiary/aromatic N) is 3. The Balaban J connectivity index is 1.56. The zero-order valence-corrected chi connectivity index (χ0v) is 20.0. The van der Waals surface area contributed by atoms with Gasteiger partial charge in [0.25, 0.3) is 6.01 Å². The number of hydrogen-bond acceptors (Lipinski definition) is 6. The molecule has 4 rings (SSSR count). The molecule has 2 aromatic carbocycles. The van der Waals surface area contributed by atoms with Crippen molar-refractivity contribution >= 4 is 34.7 Å². The first kappa shape index (κ1) is 23.8. The van der Waals surface area contributed by atoms with E-state index in [0.29, 0.717) is 22.4 Å². The zero-order valence-electron chi connectivity index (χ0n) is 20.0. The van der Waals surface area contributed by atoms with Crippen molar-refractivity contribution in [3.63, 3.8) is 0 Å². The minimum Gasteiger partial charge on any atom is -0.487 e. The number of aromatic nitrogens is 3. The van der Waals surface area contributed by atoms with Gasteiger partial charge in [-0.3, -0.25) is 9.48 Å². The molecule has 2 aromatic heterocycles. The lowest BCUT2D eigenvalue weighted by atomic mass is 10.1. The van der Waals surface area contributed by atoms with Crippen molar-refractivity contribution in [2.75, 3.05) is 5.73 Å². The van der Waals surface area contributed by atoms with E-state index in [-0.39, 0.29) is 25.1 Å². The molecule has 0 fully saturated rings. The van der Waals surface area contributed by atoms with E-state index in [1.54, 1.807) is 18.2 Å². The average Bonchev–Trinajstić information content (AvgIpc) is 3.34. The summed E-state index contributed by atoms with van der Waals surface area (Å²) in [5.41, 5.74) is 12.0. The van der Waals surface area contributed by atoms with Gasteiger partial charge in [0.15, 0.2) is 5.58 Å². The number of carboxylic acid groups (broad SMARTS) is 1. The van der Waals surface area contributed by atoms with Crippen LogP contribution in [-0.2, 0) is 17.8 Å². The Morgan fingerprint density at radius 1 is 1.29 bits per heavy atom. The van der Waals surface area contributed by atoms with E-state index in [1.807, 2.05) is 48.0 Å². The van der Waals surface area contributed by atoms with Crippen molar-refractivity contribution in [2.45, 2.75) is 39.8 Å². The molecular formula is C27H28N4O4. The third-order valence-electron chi connectivity index (χ3n) is 5.68. The number of carbonyl (C=O) groups is 1. The number of anilines is 1. The molecule has 8 nitrogen and oxygen atoms in total. The Morgan fingerprint density at radius 2 is 2.06 bits per heavy atom. The van der Waals surface area contributed by atoms with E-state index in [2.05, 4.69) is 25.4 Å². The first-order valence-corrected chi connectivity index (χ1v) is 11.3. The molecule has 0 spiro atoms. The predicted molar refractivity (Wildman–Crippen MR) is 136 cm³/mol. The monoisotopic (exact) mass is 472 g/mol. The van der Waals surface area contributed by atoms with Gasteiger partial charge in [-0.2, -0.15) is 10.1 Å². The molecule has 4 aromatic rings. The first-order valence-electron chi connectivity index (χ1n) is 11.3. The van der Waals surface area contributed by atoms with Crippen molar-refractivity contribution in [2.24, 2.45) is 0 Å². The largest absolute Gasteiger partial charge is 0.487 e. The summed E-state index contributed by atoms with van der Waals surface area (Å²) < 4.78 is 13.4. The van der Waals surface area contributed by atoms with E-state index < -0.39 is 5.97 Å². The number of fused-ring (bicyclic) bond motifs is 1. The number of rotatable bonds is 9. The molecule has 0 aliphatic heterocycles. The van der Waals surface area contributed by atoms with Crippen LogP contribution in [-0.4, -0.2) is 25.8 Å². The number of aliphatic carboxylic acids is 1. The molecule has 0 amide bonds. The second-order valence-corrected chi connectivity index (χ2v) is 8.56. The number of allylic oxidation sites excluding steroid dienone is 2. The number of para-hydroxylation sites is 1. The van der Waals surface area contributed by atoms with Crippen molar-refractivity contribution in [3.8, 4) is 5.75 Å². The maximum atomic E-state index is 11.2. The first-order chi connectivity index (χ1) is 16.7. The third kappa shape index (κ3) is 5.27. The highest BCUT2D eigenvalue weighted by molar-refractivity contribution is 5.84. The van der Waals surface area contributed by atoms with Gasteiger partial charge in [-0.1, -0.05) is 36.9 Å². The second-order valence-electron chi connectivity index (χ2n) is 8.56. The molecule has 0 aliphatic rings. The number of oxazole rings is 1. The van der Waals surface area contributed by atoms with Crippen LogP contribution in [0.1, 0.15) is 48.0 Å². The van der Waals surface area contributed by atoms with E-state index >= 15 is 0 Å². The topological polar surface area (TPSA) is 116 Å². The van der Waals surface area contributed by atoms with E-state index in [9.17, 15) is 4.79 Å². The molecule has 0 radical (unpaired) electrons. The lowest BCUT2D eigenvalue weighted by Gasteiger charge is -2.09. The lowest BCUT2D eigenvalue weighted by molar-refractivity contribution is -0.136. The summed E-state index contributed by atoms with van der Waals surface area (Å²) in [7, 11) is 0. The smallest absolute Gasteiger partial charge is 0.307 e. The molecule has 8 heteroatoms. The Bertz CT molecular complexity index is 1430. The summed E-state index contributed by atoms with van der Waals surface area (Å²) in [6.45, 7) is 10.5. The molecule has 180 valence electrons. The van der Waals surface area contributed by atoms with Crippen LogP contribution < -0.4 is 10.5 Å². The Hall–Kier alpha value is -4.33. The zero-order chi connectivity index (χ0) is 25.1. The summed E-state index contributed by atoms with van der Waals surface area (Å²) in [5.74, 6) is -0.359. The minimum absolute atomic E-state index is 0.0991. The predicted octanol–water partition coefficient (Wildman–Crippen LogP) is 5.43. The van der Waals surface area contributed by atoms with Gasteiger partial charge in [-0.15, -0.1) is 0 Å². The lowest BCUT2D eigenvalue weighted by Crippen LogP contribution is -2.07. The van der Waals surface area contributed by atoms with Crippen LogP contribution in [0.15, 0.2) is 59.5 Å². The summed E-state index contributed by atoms with van der Waals surface area (Å²) in [6.07, 6.45) is 3.83. The second kappa shape index (κ2) is 9.89.